The van der Waals surface area contributed by atoms with Gasteiger partial charge in [0.1, 0.15) is 5.60 Å². The predicted molar refractivity (Wildman–Crippen MR) is 79.8 cm³/mol. The molecular weight excluding hydrogens is 256 g/mol. The Morgan fingerprint density at radius 1 is 1.35 bits per heavy atom. The van der Waals surface area contributed by atoms with Crippen LogP contribution in [0, 0.1) is 5.92 Å². The number of carbonyl (C=O) groups excluding carboxylic acids is 1. The van der Waals surface area contributed by atoms with Gasteiger partial charge in [-0.05, 0) is 40.3 Å². The zero-order chi connectivity index (χ0) is 15.0. The monoisotopic (exact) mass is 286 g/mol. The summed E-state index contributed by atoms with van der Waals surface area (Å²) in [6.07, 6.45) is 1.10. The lowest BCUT2D eigenvalue weighted by Gasteiger charge is -2.26. The van der Waals surface area contributed by atoms with E-state index < -0.39 is 5.60 Å². The molecular formula is C15H30N2O3. The van der Waals surface area contributed by atoms with Crippen molar-refractivity contribution in [2.75, 3.05) is 45.9 Å². The van der Waals surface area contributed by atoms with Crippen LogP contribution in [-0.4, -0.2) is 62.4 Å². The Morgan fingerprint density at radius 2 is 2.00 bits per heavy atom. The van der Waals surface area contributed by atoms with E-state index >= 15 is 0 Å². The lowest BCUT2D eigenvalue weighted by atomic mass is 10.1. The highest BCUT2D eigenvalue weighted by Crippen LogP contribution is 2.10. The van der Waals surface area contributed by atoms with E-state index in [0.717, 1.165) is 45.8 Å². The fourth-order valence-corrected chi connectivity index (χ4v) is 2.06. The summed E-state index contributed by atoms with van der Waals surface area (Å²) in [5.74, 6) is -0.226. The molecule has 1 aliphatic heterocycles. The first kappa shape index (κ1) is 17.4. The largest absolute Gasteiger partial charge is 0.460 e. The van der Waals surface area contributed by atoms with Crippen LogP contribution in [0.2, 0.25) is 0 Å². The Bertz CT molecular complexity index is 283. The van der Waals surface area contributed by atoms with E-state index in [9.17, 15) is 4.79 Å². The Hall–Kier alpha value is -0.650. The highest BCUT2D eigenvalue weighted by Gasteiger charge is 2.21. The molecule has 0 unspecified atom stereocenters. The number of hydrogen-bond acceptors (Lipinski definition) is 5. The number of nitrogens with zero attached hydrogens (tertiary/aromatic N) is 1. The Balaban J connectivity index is 2.03. The normalized spacial score (nSPS) is 18.8. The molecule has 0 aromatic heterocycles. The maximum Gasteiger partial charge on any atom is 0.310 e. The second-order valence-corrected chi connectivity index (χ2v) is 6.45. The molecule has 0 aromatic rings. The fraction of sp³-hybridized carbons (Fsp3) is 0.933. The van der Waals surface area contributed by atoms with E-state index in [2.05, 4.69) is 10.2 Å². The van der Waals surface area contributed by atoms with Crippen molar-refractivity contribution in [1.82, 2.24) is 10.2 Å². The first-order valence-electron chi connectivity index (χ1n) is 7.62. The van der Waals surface area contributed by atoms with Gasteiger partial charge in [-0.2, -0.15) is 0 Å². The van der Waals surface area contributed by atoms with E-state index in [-0.39, 0.29) is 11.9 Å². The maximum absolute atomic E-state index is 11.8. The number of rotatable bonds is 7. The van der Waals surface area contributed by atoms with Crippen molar-refractivity contribution in [3.63, 3.8) is 0 Å². The molecule has 1 fully saturated rings. The minimum atomic E-state index is -0.401. The minimum absolute atomic E-state index is 0.0994. The molecule has 1 N–H and O–H groups in total. The van der Waals surface area contributed by atoms with Gasteiger partial charge in [0, 0.05) is 19.6 Å². The number of esters is 1. The number of nitrogens with one attached hydrogen (secondary N) is 1. The van der Waals surface area contributed by atoms with Gasteiger partial charge < -0.3 is 14.8 Å². The van der Waals surface area contributed by atoms with Crippen LogP contribution in [0.15, 0.2) is 0 Å². The van der Waals surface area contributed by atoms with Gasteiger partial charge in [-0.15, -0.1) is 0 Å². The molecule has 20 heavy (non-hydrogen) atoms. The molecule has 0 saturated carbocycles. The highest BCUT2D eigenvalue weighted by molar-refractivity contribution is 5.72. The second-order valence-electron chi connectivity index (χ2n) is 6.45. The maximum atomic E-state index is 11.8. The molecule has 5 heteroatoms. The number of hydrogen-bond donors (Lipinski definition) is 1. The van der Waals surface area contributed by atoms with Crippen LogP contribution in [0.4, 0.5) is 0 Å². The lowest BCUT2D eigenvalue weighted by molar-refractivity contribution is -0.159. The molecule has 0 aromatic carbocycles. The van der Waals surface area contributed by atoms with Crippen molar-refractivity contribution in [1.29, 1.82) is 0 Å². The van der Waals surface area contributed by atoms with Crippen LogP contribution >= 0.6 is 0 Å². The van der Waals surface area contributed by atoms with Crippen LogP contribution in [0.5, 0.6) is 0 Å². The molecule has 1 saturated heterocycles. The van der Waals surface area contributed by atoms with Gasteiger partial charge in [0.25, 0.3) is 0 Å². The van der Waals surface area contributed by atoms with Crippen molar-refractivity contribution < 1.29 is 14.3 Å². The number of morpholine rings is 1. The molecule has 0 bridgehead atoms. The molecule has 1 aliphatic rings. The van der Waals surface area contributed by atoms with Gasteiger partial charge in [0.05, 0.1) is 19.1 Å². The first-order valence-corrected chi connectivity index (χ1v) is 7.62. The smallest absolute Gasteiger partial charge is 0.310 e. The quantitative estimate of drug-likeness (QED) is 0.564. The summed E-state index contributed by atoms with van der Waals surface area (Å²) in [6.45, 7) is 14.1. The third kappa shape index (κ3) is 7.82. The van der Waals surface area contributed by atoms with Crippen LogP contribution in [-0.2, 0) is 14.3 Å². The molecule has 1 heterocycles. The van der Waals surface area contributed by atoms with E-state index in [4.69, 9.17) is 9.47 Å². The third-order valence-electron chi connectivity index (χ3n) is 3.19. The molecule has 0 aliphatic carbocycles. The Labute approximate surface area is 123 Å². The molecule has 118 valence electrons. The van der Waals surface area contributed by atoms with Crippen LogP contribution in [0.1, 0.15) is 34.1 Å². The minimum Gasteiger partial charge on any atom is -0.460 e. The summed E-state index contributed by atoms with van der Waals surface area (Å²) in [4.78, 5) is 14.2. The topological polar surface area (TPSA) is 50.8 Å². The van der Waals surface area contributed by atoms with E-state index in [0.29, 0.717) is 6.54 Å². The average Bonchev–Trinajstić information content (AvgIpc) is 2.37. The van der Waals surface area contributed by atoms with Crippen molar-refractivity contribution in [2.24, 2.45) is 5.92 Å². The molecule has 5 nitrogen and oxygen atoms in total. The zero-order valence-corrected chi connectivity index (χ0v) is 13.4. The van der Waals surface area contributed by atoms with Crippen molar-refractivity contribution in [3.05, 3.63) is 0 Å². The molecule has 0 spiro atoms. The van der Waals surface area contributed by atoms with E-state index in [1.54, 1.807) is 0 Å². The van der Waals surface area contributed by atoms with E-state index in [1.807, 2.05) is 27.7 Å². The molecule has 1 atom stereocenters. The summed E-state index contributed by atoms with van der Waals surface area (Å²) in [6, 6.07) is 0. The van der Waals surface area contributed by atoms with Gasteiger partial charge in [-0.25, -0.2) is 0 Å². The highest BCUT2D eigenvalue weighted by atomic mass is 16.6. The van der Waals surface area contributed by atoms with Gasteiger partial charge >= 0.3 is 5.97 Å². The van der Waals surface area contributed by atoms with Crippen molar-refractivity contribution in [2.45, 2.75) is 39.7 Å². The van der Waals surface area contributed by atoms with Crippen molar-refractivity contribution >= 4 is 5.97 Å². The first-order chi connectivity index (χ1) is 9.38. The predicted octanol–water partition coefficient (Wildman–Crippen LogP) is 1.28. The third-order valence-corrected chi connectivity index (χ3v) is 3.19. The summed E-state index contributed by atoms with van der Waals surface area (Å²) in [5, 5.41) is 3.33. The Morgan fingerprint density at radius 3 is 2.60 bits per heavy atom. The summed E-state index contributed by atoms with van der Waals surface area (Å²) in [5.41, 5.74) is -0.401. The van der Waals surface area contributed by atoms with Gasteiger partial charge in [-0.1, -0.05) is 6.92 Å². The molecule has 0 radical (unpaired) electrons. The molecule has 0 amide bonds. The standard InChI is InChI=1S/C15H30N2O3/c1-13(14(18)20-15(2,3)4)12-16-6-5-7-17-8-10-19-11-9-17/h13,16H,5-12H2,1-4H3/t13-/m0/s1. The zero-order valence-electron chi connectivity index (χ0n) is 13.4. The van der Waals surface area contributed by atoms with Gasteiger partial charge in [0.2, 0.25) is 0 Å². The average molecular weight is 286 g/mol. The number of ether oxygens (including phenoxy) is 2. The van der Waals surface area contributed by atoms with Gasteiger partial charge in [0.15, 0.2) is 0 Å². The van der Waals surface area contributed by atoms with Crippen LogP contribution in [0.25, 0.3) is 0 Å². The van der Waals surface area contributed by atoms with E-state index in [1.165, 1.54) is 0 Å². The van der Waals surface area contributed by atoms with Gasteiger partial charge in [-0.3, -0.25) is 9.69 Å². The summed E-state index contributed by atoms with van der Waals surface area (Å²) in [7, 11) is 0. The van der Waals surface area contributed by atoms with Crippen LogP contribution < -0.4 is 5.32 Å². The SMILES string of the molecule is C[C@@H](CNCCCN1CCOCC1)C(=O)OC(C)(C)C. The number of carbonyl (C=O) groups is 1. The second kappa shape index (κ2) is 8.60. The molecule has 1 rings (SSSR count). The fourth-order valence-electron chi connectivity index (χ4n) is 2.06. The summed E-state index contributed by atoms with van der Waals surface area (Å²) < 4.78 is 10.7. The van der Waals surface area contributed by atoms with Crippen LogP contribution in [0.3, 0.4) is 0 Å². The summed E-state index contributed by atoms with van der Waals surface area (Å²) >= 11 is 0. The Kier molecular flexibility index (Phi) is 7.48. The lowest BCUT2D eigenvalue weighted by Crippen LogP contribution is -2.38. The van der Waals surface area contributed by atoms with Crippen molar-refractivity contribution in [3.8, 4) is 0 Å².